The van der Waals surface area contributed by atoms with Gasteiger partial charge in [-0.25, -0.2) is 22.8 Å². The smallest absolute Gasteiger partial charge is 0.264 e. The van der Waals surface area contributed by atoms with Crippen molar-refractivity contribution in [3.8, 4) is 0 Å². The van der Waals surface area contributed by atoms with Crippen molar-refractivity contribution >= 4 is 21.7 Å². The Bertz CT molecular complexity index is 732. The normalized spacial score (nSPS) is 11.2. The lowest BCUT2D eigenvalue weighted by Gasteiger charge is -2.10. The minimum Gasteiger partial charge on any atom is -0.355 e. The average Bonchev–Trinajstić information content (AvgIpc) is 2.43. The number of sulfonamides is 1. The molecule has 1 aromatic carbocycles. The molecule has 2 N–H and O–H groups in total. The summed E-state index contributed by atoms with van der Waals surface area (Å²) in [4.78, 5) is 7.76. The van der Waals surface area contributed by atoms with Crippen molar-refractivity contribution in [1.82, 2.24) is 9.97 Å². The summed E-state index contributed by atoms with van der Waals surface area (Å²) in [6.45, 7) is 4.14. The summed E-state index contributed by atoms with van der Waals surface area (Å²) in [5.41, 5.74) is 0.802. The van der Waals surface area contributed by atoms with Crippen LogP contribution in [-0.2, 0) is 10.0 Å². The number of aromatic nitrogens is 2. The second-order valence-electron chi connectivity index (χ2n) is 4.34. The molecule has 0 aliphatic carbocycles. The molecule has 8 heteroatoms. The molecule has 1 aromatic heterocycles. The summed E-state index contributed by atoms with van der Waals surface area (Å²) in [5.74, 6) is -0.0665. The van der Waals surface area contributed by atoms with Crippen LogP contribution in [0.15, 0.2) is 35.5 Å². The van der Waals surface area contributed by atoms with E-state index in [1.807, 2.05) is 6.92 Å². The summed E-state index contributed by atoms with van der Waals surface area (Å²) in [7, 11) is -3.81. The van der Waals surface area contributed by atoms with E-state index in [9.17, 15) is 12.8 Å². The SMILES string of the molecule is CCNc1ncc(S(=O)(=O)Nc2ccc(F)cc2C)cn1. The lowest BCUT2D eigenvalue weighted by molar-refractivity contribution is 0.600. The van der Waals surface area contributed by atoms with Gasteiger partial charge in [-0.2, -0.15) is 0 Å². The molecule has 6 nitrogen and oxygen atoms in total. The van der Waals surface area contributed by atoms with Gasteiger partial charge in [-0.15, -0.1) is 0 Å². The Kier molecular flexibility index (Phi) is 4.37. The van der Waals surface area contributed by atoms with E-state index in [1.165, 1.54) is 30.6 Å². The van der Waals surface area contributed by atoms with Crippen LogP contribution in [0.2, 0.25) is 0 Å². The lowest BCUT2D eigenvalue weighted by Crippen LogP contribution is -2.15. The van der Waals surface area contributed by atoms with Crippen LogP contribution in [0, 0.1) is 12.7 Å². The average molecular weight is 310 g/mol. The zero-order chi connectivity index (χ0) is 15.5. The Morgan fingerprint density at radius 2 is 1.90 bits per heavy atom. The maximum atomic E-state index is 13.0. The summed E-state index contributed by atoms with van der Waals surface area (Å²) >= 11 is 0. The van der Waals surface area contributed by atoms with Crippen molar-refractivity contribution in [2.45, 2.75) is 18.7 Å². The Morgan fingerprint density at radius 1 is 1.24 bits per heavy atom. The molecule has 0 fully saturated rings. The molecule has 1 heterocycles. The van der Waals surface area contributed by atoms with Crippen LogP contribution >= 0.6 is 0 Å². The molecule has 0 aliphatic heterocycles. The quantitative estimate of drug-likeness (QED) is 0.884. The number of hydrogen-bond donors (Lipinski definition) is 2. The molecule has 0 saturated heterocycles. The highest BCUT2D eigenvalue weighted by Crippen LogP contribution is 2.20. The van der Waals surface area contributed by atoms with Crippen molar-refractivity contribution in [2.75, 3.05) is 16.6 Å². The minimum atomic E-state index is -3.81. The zero-order valence-corrected chi connectivity index (χ0v) is 12.4. The van der Waals surface area contributed by atoms with E-state index < -0.39 is 15.8 Å². The van der Waals surface area contributed by atoms with E-state index in [1.54, 1.807) is 6.92 Å². The molecule has 0 bridgehead atoms. The second kappa shape index (κ2) is 6.04. The van der Waals surface area contributed by atoms with E-state index in [2.05, 4.69) is 20.0 Å². The highest BCUT2D eigenvalue weighted by Gasteiger charge is 2.16. The monoisotopic (exact) mass is 310 g/mol. The Balaban J connectivity index is 2.25. The summed E-state index contributed by atoms with van der Waals surface area (Å²) in [5, 5.41) is 2.87. The first-order valence-electron chi connectivity index (χ1n) is 6.27. The first-order chi connectivity index (χ1) is 9.92. The van der Waals surface area contributed by atoms with Crippen LogP contribution in [0.3, 0.4) is 0 Å². The van der Waals surface area contributed by atoms with Gasteiger partial charge in [0.1, 0.15) is 10.7 Å². The highest BCUT2D eigenvalue weighted by atomic mass is 32.2. The molecular weight excluding hydrogens is 295 g/mol. The molecule has 0 saturated carbocycles. The predicted molar refractivity (Wildman–Crippen MR) is 78.1 cm³/mol. The maximum Gasteiger partial charge on any atom is 0.264 e. The van der Waals surface area contributed by atoms with Crippen molar-refractivity contribution < 1.29 is 12.8 Å². The Morgan fingerprint density at radius 3 is 2.48 bits per heavy atom. The molecule has 0 unspecified atom stereocenters. The van der Waals surface area contributed by atoms with Gasteiger partial charge in [0.25, 0.3) is 10.0 Å². The molecule has 2 aromatic rings. The molecule has 0 amide bonds. The van der Waals surface area contributed by atoms with E-state index in [0.717, 1.165) is 0 Å². The van der Waals surface area contributed by atoms with Gasteiger partial charge in [-0.1, -0.05) is 0 Å². The number of anilines is 2. The maximum absolute atomic E-state index is 13.0. The van der Waals surface area contributed by atoms with Gasteiger partial charge in [0.15, 0.2) is 0 Å². The number of aryl methyl sites for hydroxylation is 1. The fourth-order valence-corrected chi connectivity index (χ4v) is 2.67. The highest BCUT2D eigenvalue weighted by molar-refractivity contribution is 7.92. The first-order valence-corrected chi connectivity index (χ1v) is 7.75. The van der Waals surface area contributed by atoms with Crippen LogP contribution in [0.1, 0.15) is 12.5 Å². The van der Waals surface area contributed by atoms with Crippen LogP contribution in [-0.4, -0.2) is 24.9 Å². The fourth-order valence-electron chi connectivity index (χ4n) is 1.65. The number of nitrogens with zero attached hydrogens (tertiary/aromatic N) is 2. The van der Waals surface area contributed by atoms with Crippen molar-refractivity contribution in [3.05, 3.63) is 42.0 Å². The number of rotatable bonds is 5. The lowest BCUT2D eigenvalue weighted by atomic mass is 10.2. The Hall–Kier alpha value is -2.22. The molecule has 0 aliphatic rings. The Labute approximate surface area is 122 Å². The van der Waals surface area contributed by atoms with Crippen LogP contribution in [0.25, 0.3) is 0 Å². The molecule has 0 radical (unpaired) electrons. The van der Waals surface area contributed by atoms with E-state index in [4.69, 9.17) is 0 Å². The van der Waals surface area contributed by atoms with Gasteiger partial charge in [0.2, 0.25) is 5.95 Å². The summed E-state index contributed by atoms with van der Waals surface area (Å²) in [6.07, 6.45) is 2.43. The standard InChI is InChI=1S/C13H15FN4O2S/c1-3-15-13-16-7-11(8-17-13)21(19,20)18-12-5-4-10(14)6-9(12)2/h4-8,18H,3H2,1-2H3,(H,15,16,17). The van der Waals surface area contributed by atoms with E-state index in [-0.39, 0.29) is 4.90 Å². The van der Waals surface area contributed by atoms with Crippen LogP contribution in [0.5, 0.6) is 0 Å². The van der Waals surface area contributed by atoms with Crippen LogP contribution < -0.4 is 10.0 Å². The third-order valence-electron chi connectivity index (χ3n) is 2.71. The number of halogens is 1. The molecule has 2 rings (SSSR count). The van der Waals surface area contributed by atoms with Gasteiger partial charge in [-0.3, -0.25) is 4.72 Å². The topological polar surface area (TPSA) is 84.0 Å². The predicted octanol–water partition coefficient (Wildman–Crippen LogP) is 2.16. The largest absolute Gasteiger partial charge is 0.355 e. The van der Waals surface area contributed by atoms with Gasteiger partial charge >= 0.3 is 0 Å². The van der Waals surface area contributed by atoms with E-state index >= 15 is 0 Å². The summed E-state index contributed by atoms with van der Waals surface area (Å²) in [6, 6.07) is 3.81. The van der Waals surface area contributed by atoms with Gasteiger partial charge in [0, 0.05) is 6.54 Å². The van der Waals surface area contributed by atoms with Gasteiger partial charge in [-0.05, 0) is 37.6 Å². The third kappa shape index (κ3) is 3.66. The molecule has 21 heavy (non-hydrogen) atoms. The van der Waals surface area contributed by atoms with Gasteiger partial charge < -0.3 is 5.32 Å². The van der Waals surface area contributed by atoms with Crippen molar-refractivity contribution in [3.63, 3.8) is 0 Å². The van der Waals surface area contributed by atoms with Gasteiger partial charge in [0.05, 0.1) is 18.1 Å². The fraction of sp³-hybridized carbons (Fsp3) is 0.231. The molecule has 112 valence electrons. The van der Waals surface area contributed by atoms with E-state index in [0.29, 0.717) is 23.7 Å². The third-order valence-corrected chi connectivity index (χ3v) is 4.03. The molecular formula is C13H15FN4O2S. The number of nitrogens with one attached hydrogen (secondary N) is 2. The van der Waals surface area contributed by atoms with Crippen molar-refractivity contribution in [2.24, 2.45) is 0 Å². The zero-order valence-electron chi connectivity index (χ0n) is 11.6. The second-order valence-corrected chi connectivity index (χ2v) is 6.02. The van der Waals surface area contributed by atoms with Crippen molar-refractivity contribution in [1.29, 1.82) is 0 Å². The first kappa shape index (κ1) is 15.2. The summed E-state index contributed by atoms with van der Waals surface area (Å²) < 4.78 is 39.8. The molecule has 0 atom stereocenters. The number of hydrogen-bond acceptors (Lipinski definition) is 5. The minimum absolute atomic E-state index is 0.0621. The van der Waals surface area contributed by atoms with Crippen LogP contribution in [0.4, 0.5) is 16.0 Å². The molecule has 0 spiro atoms. The number of benzene rings is 1.